The van der Waals surface area contributed by atoms with Crippen LogP contribution in [-0.2, 0) is 17.3 Å². The summed E-state index contributed by atoms with van der Waals surface area (Å²) in [6, 6.07) is 78.6. The van der Waals surface area contributed by atoms with Crippen molar-refractivity contribution < 1.29 is 0 Å². The largest absolute Gasteiger partial charge is 0.311 e. The van der Waals surface area contributed by atoms with E-state index in [0.717, 1.165) is 37.6 Å². The van der Waals surface area contributed by atoms with Crippen molar-refractivity contribution in [1.82, 2.24) is 4.98 Å². The van der Waals surface area contributed by atoms with Crippen molar-refractivity contribution in [3.63, 3.8) is 0 Å². The Morgan fingerprint density at radius 1 is 0.479 bits per heavy atom. The number of aromatic nitrogens is 1. The Morgan fingerprint density at radius 3 is 1.65 bits per heavy atom. The van der Waals surface area contributed by atoms with Crippen LogP contribution in [-0.4, -0.2) is 11.7 Å². The lowest BCUT2D eigenvalue weighted by Crippen LogP contribution is -2.63. The maximum absolute atomic E-state index is 5.97. The van der Waals surface area contributed by atoms with E-state index >= 15 is 0 Å². The summed E-state index contributed by atoms with van der Waals surface area (Å²) in [5.74, 6) is 0. The molecule has 4 heteroatoms. The van der Waals surface area contributed by atoms with Crippen LogP contribution in [0.4, 0.5) is 34.1 Å². The molecule has 15 rings (SSSR count). The molecular weight excluding hydrogens is 858 g/mol. The van der Waals surface area contributed by atoms with Gasteiger partial charge in [-0.1, -0.05) is 220 Å². The highest BCUT2D eigenvalue weighted by atomic mass is 15.2. The van der Waals surface area contributed by atoms with Gasteiger partial charge < -0.3 is 9.80 Å². The standard InChI is InChI=1S/C67H50BN3/c1-2-3-40-57-49-33-17-16-32-48(49)50-43-60-61-65(62(50)69-57)71-59-42-21-19-35-52(59)67(46-28-12-6-13-29-46,47-30-14-7-15-31-47)54-37-23-39-56(64(54)71)68(61)55-38-22-36-53-63(55)70(60)58-41-20-18-34-51(58)66(53,44-24-8-4-9-25-44)45-26-10-5-11-27-45/h4,6-10,12-39,41-43H,2-3,5,11,40H2,1H3. The van der Waals surface area contributed by atoms with Crippen LogP contribution in [0.25, 0.3) is 21.7 Å². The second-order valence-corrected chi connectivity index (χ2v) is 20.1. The highest BCUT2D eigenvalue weighted by Crippen LogP contribution is 2.63. The number of pyridine rings is 1. The average molecular weight is 908 g/mol. The van der Waals surface area contributed by atoms with Gasteiger partial charge in [-0.15, -0.1) is 0 Å². The van der Waals surface area contributed by atoms with Crippen molar-refractivity contribution in [2.45, 2.75) is 49.9 Å². The molecule has 0 amide bonds. The summed E-state index contributed by atoms with van der Waals surface area (Å²) in [4.78, 5) is 11.3. The number of unbranched alkanes of at least 4 members (excludes halogenated alkanes) is 1. The first kappa shape index (κ1) is 40.7. The van der Waals surface area contributed by atoms with Gasteiger partial charge in [-0.2, -0.15) is 0 Å². The Hall–Kier alpha value is -8.21. The van der Waals surface area contributed by atoms with Crippen LogP contribution in [0.1, 0.15) is 77.2 Å². The van der Waals surface area contributed by atoms with Crippen LogP contribution < -0.4 is 26.2 Å². The van der Waals surface area contributed by atoms with Crippen LogP contribution in [0.15, 0.2) is 230 Å². The minimum Gasteiger partial charge on any atom is -0.311 e. The van der Waals surface area contributed by atoms with Gasteiger partial charge in [-0.05, 0) is 110 Å². The molecule has 1 aliphatic carbocycles. The highest BCUT2D eigenvalue weighted by Gasteiger charge is 2.56. The molecule has 71 heavy (non-hydrogen) atoms. The van der Waals surface area contributed by atoms with Crippen LogP contribution >= 0.6 is 0 Å². The maximum atomic E-state index is 5.97. The van der Waals surface area contributed by atoms with Gasteiger partial charge in [0, 0.05) is 33.5 Å². The van der Waals surface area contributed by atoms with Crippen molar-refractivity contribution >= 4 is 78.9 Å². The second kappa shape index (κ2) is 15.4. The number of rotatable bonds is 7. The number of fused-ring (bicyclic) bond motifs is 12. The molecule has 1 atom stereocenters. The van der Waals surface area contributed by atoms with E-state index in [-0.39, 0.29) is 6.71 Å². The van der Waals surface area contributed by atoms with Crippen LogP contribution in [0.3, 0.4) is 0 Å². The van der Waals surface area contributed by atoms with E-state index in [9.17, 15) is 0 Å². The first-order chi connectivity index (χ1) is 35.2. The summed E-state index contributed by atoms with van der Waals surface area (Å²) >= 11 is 0. The SMILES string of the molecule is CCCCc1nc2c3c4c(cc2c2ccccc12)N1c2ccccc2C(C2=CCCC=C2)(c2ccccc2)c2cccc(c21)B4c1cccc2c1N3c1ccccc1C2(c1ccccc1)c1ccccc1. The van der Waals surface area contributed by atoms with Crippen molar-refractivity contribution in [3.8, 4) is 0 Å². The Labute approximate surface area is 416 Å². The number of aryl methyl sites for hydroxylation is 1. The van der Waals surface area contributed by atoms with Crippen molar-refractivity contribution in [1.29, 1.82) is 0 Å². The fourth-order valence-electron chi connectivity index (χ4n) is 14.1. The molecule has 336 valence electrons. The lowest BCUT2D eigenvalue weighted by molar-refractivity contribution is 0.719. The van der Waals surface area contributed by atoms with Gasteiger partial charge in [0.2, 0.25) is 0 Å². The number of allylic oxidation sites excluding steroid dienone is 4. The zero-order valence-electron chi connectivity index (χ0n) is 39.8. The normalized spacial score (nSPS) is 17.3. The zero-order valence-corrected chi connectivity index (χ0v) is 39.8. The molecule has 0 saturated heterocycles. The highest BCUT2D eigenvalue weighted by molar-refractivity contribution is 7.00. The summed E-state index contributed by atoms with van der Waals surface area (Å²) in [5.41, 5.74) is 22.7. The van der Waals surface area contributed by atoms with Gasteiger partial charge >= 0.3 is 0 Å². The topological polar surface area (TPSA) is 19.4 Å². The van der Waals surface area contributed by atoms with Crippen molar-refractivity contribution in [2.24, 2.45) is 0 Å². The Kier molecular flexibility index (Phi) is 8.82. The van der Waals surface area contributed by atoms with E-state index < -0.39 is 10.8 Å². The maximum Gasteiger partial charge on any atom is 0.252 e. The fraction of sp³-hybridized carbons (Fsp3) is 0.119. The first-order valence-electron chi connectivity index (χ1n) is 25.7. The molecule has 0 bridgehead atoms. The van der Waals surface area contributed by atoms with E-state index in [1.165, 1.54) is 117 Å². The number of nitrogens with zero attached hydrogens (tertiary/aromatic N) is 3. The van der Waals surface area contributed by atoms with Crippen LogP contribution in [0.2, 0.25) is 0 Å². The molecule has 0 saturated carbocycles. The minimum absolute atomic E-state index is 0.0988. The van der Waals surface area contributed by atoms with E-state index in [0.29, 0.717) is 0 Å². The monoisotopic (exact) mass is 907 g/mol. The summed E-state index contributed by atoms with van der Waals surface area (Å²) < 4.78 is 0. The van der Waals surface area contributed by atoms with Gasteiger partial charge in [0.05, 0.1) is 33.4 Å². The molecule has 5 heterocycles. The molecule has 5 aliphatic rings. The van der Waals surface area contributed by atoms with Gasteiger partial charge in [0.25, 0.3) is 6.71 Å². The van der Waals surface area contributed by atoms with Crippen LogP contribution in [0.5, 0.6) is 0 Å². The summed E-state index contributed by atoms with van der Waals surface area (Å²) in [5, 5.41) is 3.69. The smallest absolute Gasteiger partial charge is 0.252 e. The Balaban J connectivity index is 1.15. The van der Waals surface area contributed by atoms with Gasteiger partial charge in [0.1, 0.15) is 0 Å². The fourth-order valence-corrected chi connectivity index (χ4v) is 14.1. The third-order valence-corrected chi connectivity index (χ3v) is 16.7. The Bertz CT molecular complexity index is 3850. The quantitative estimate of drug-likeness (QED) is 0.117. The molecule has 0 fully saturated rings. The average Bonchev–Trinajstić information content (AvgIpc) is 3.45. The summed E-state index contributed by atoms with van der Waals surface area (Å²) in [6.07, 6.45) is 12.5. The number of anilines is 6. The van der Waals surface area contributed by atoms with Gasteiger partial charge in [0.15, 0.2) is 0 Å². The first-order valence-corrected chi connectivity index (χ1v) is 25.7. The number of para-hydroxylation sites is 4. The third kappa shape index (κ3) is 5.27. The minimum atomic E-state index is -0.615. The number of hydrogen-bond acceptors (Lipinski definition) is 3. The molecule has 10 aromatic rings. The summed E-state index contributed by atoms with van der Waals surface area (Å²) in [7, 11) is 0. The molecule has 9 aromatic carbocycles. The summed E-state index contributed by atoms with van der Waals surface area (Å²) in [6.45, 7) is 2.19. The molecule has 0 radical (unpaired) electrons. The van der Waals surface area contributed by atoms with Crippen molar-refractivity contribution in [3.05, 3.63) is 275 Å². The lowest BCUT2D eigenvalue weighted by Gasteiger charge is -2.54. The van der Waals surface area contributed by atoms with E-state index in [2.05, 4.69) is 241 Å². The molecule has 0 N–H and O–H groups in total. The Morgan fingerprint density at radius 2 is 1.01 bits per heavy atom. The number of benzene rings is 9. The zero-order chi connectivity index (χ0) is 46.8. The van der Waals surface area contributed by atoms with Gasteiger partial charge in [-0.3, -0.25) is 0 Å². The second-order valence-electron chi connectivity index (χ2n) is 20.1. The van der Waals surface area contributed by atoms with E-state index in [4.69, 9.17) is 4.98 Å². The predicted octanol–water partition coefficient (Wildman–Crippen LogP) is 14.4. The molecule has 4 aliphatic heterocycles. The lowest BCUT2D eigenvalue weighted by atomic mass is 9.32. The van der Waals surface area contributed by atoms with E-state index in [1.807, 2.05) is 0 Å². The molecule has 1 unspecified atom stereocenters. The third-order valence-electron chi connectivity index (χ3n) is 16.7. The molecule has 1 aromatic heterocycles. The molecule has 3 nitrogen and oxygen atoms in total. The molecule has 0 spiro atoms. The number of hydrogen-bond donors (Lipinski definition) is 0. The van der Waals surface area contributed by atoms with E-state index in [1.54, 1.807) is 0 Å². The van der Waals surface area contributed by atoms with Crippen LogP contribution in [0, 0.1) is 0 Å². The molecular formula is C67H50BN3. The van der Waals surface area contributed by atoms with Crippen molar-refractivity contribution in [2.75, 3.05) is 9.80 Å². The van der Waals surface area contributed by atoms with Gasteiger partial charge in [-0.25, -0.2) is 4.98 Å². The predicted molar refractivity (Wildman–Crippen MR) is 297 cm³/mol.